The van der Waals surface area contributed by atoms with Crippen LogP contribution in [-0.2, 0) is 0 Å². The molecule has 3 aliphatic rings. The van der Waals surface area contributed by atoms with Crippen molar-refractivity contribution in [1.29, 1.82) is 0 Å². The molecule has 3 saturated carbocycles. The van der Waals surface area contributed by atoms with Gasteiger partial charge >= 0.3 is 0 Å². The van der Waals surface area contributed by atoms with Crippen LogP contribution in [0.15, 0.2) is 12.2 Å². The fourth-order valence-electron chi connectivity index (χ4n) is 4.79. The summed E-state index contributed by atoms with van der Waals surface area (Å²) >= 11 is 0. The maximum atomic E-state index is 10.4. The number of aliphatic hydroxyl groups is 1. The van der Waals surface area contributed by atoms with Crippen molar-refractivity contribution in [2.24, 2.45) is 35.0 Å². The van der Waals surface area contributed by atoms with Crippen molar-refractivity contribution in [3.63, 3.8) is 0 Å². The average Bonchev–Trinajstić information content (AvgIpc) is 2.73. The summed E-state index contributed by atoms with van der Waals surface area (Å²) in [6.45, 7) is 11.2. The van der Waals surface area contributed by atoms with Crippen molar-refractivity contribution in [3.05, 3.63) is 12.2 Å². The zero-order valence-corrected chi connectivity index (χ0v) is 10.7. The summed E-state index contributed by atoms with van der Waals surface area (Å²) in [6.07, 6.45) is 3.18. The molecule has 0 heterocycles. The average molecular weight is 220 g/mol. The minimum Gasteiger partial charge on any atom is -0.393 e. The van der Waals surface area contributed by atoms with Crippen molar-refractivity contribution < 1.29 is 5.11 Å². The summed E-state index contributed by atoms with van der Waals surface area (Å²) in [5.74, 6) is 4.12. The Bertz CT molecular complexity index is 330. The number of hydrogen-bond acceptors (Lipinski definition) is 1. The summed E-state index contributed by atoms with van der Waals surface area (Å²) in [7, 11) is 0. The van der Waals surface area contributed by atoms with E-state index in [1.807, 2.05) is 0 Å². The Hall–Kier alpha value is -0.300. The van der Waals surface area contributed by atoms with Crippen LogP contribution < -0.4 is 0 Å². The van der Waals surface area contributed by atoms with Gasteiger partial charge < -0.3 is 5.11 Å². The third kappa shape index (κ3) is 1.21. The number of allylic oxidation sites excluding steroid dienone is 1. The number of fused-ring (bicyclic) bond motifs is 3. The van der Waals surface area contributed by atoms with E-state index in [0.29, 0.717) is 11.8 Å². The largest absolute Gasteiger partial charge is 0.393 e. The lowest BCUT2D eigenvalue weighted by atomic mass is 9.67. The molecule has 0 amide bonds. The molecule has 90 valence electrons. The fourth-order valence-corrected chi connectivity index (χ4v) is 4.79. The summed E-state index contributed by atoms with van der Waals surface area (Å²) in [5, 5.41) is 10.4. The molecule has 0 radical (unpaired) electrons. The lowest BCUT2D eigenvalue weighted by Gasteiger charge is -2.39. The summed E-state index contributed by atoms with van der Waals surface area (Å²) in [5.41, 5.74) is 1.52. The fraction of sp³-hybridized carbons (Fsp3) is 0.867. The van der Waals surface area contributed by atoms with Crippen LogP contribution in [0.3, 0.4) is 0 Å². The minimum atomic E-state index is -0.134. The van der Waals surface area contributed by atoms with Gasteiger partial charge in [-0.3, -0.25) is 0 Å². The first-order chi connectivity index (χ1) is 7.44. The Kier molecular flexibility index (Phi) is 2.12. The lowest BCUT2D eigenvalue weighted by molar-refractivity contribution is -0.00770. The predicted octanol–water partition coefficient (Wildman–Crippen LogP) is 3.24. The molecule has 0 aromatic carbocycles. The van der Waals surface area contributed by atoms with E-state index in [-0.39, 0.29) is 11.5 Å². The van der Waals surface area contributed by atoms with Crippen LogP contribution in [0.1, 0.15) is 40.0 Å². The Morgan fingerprint density at radius 3 is 2.75 bits per heavy atom. The standard InChI is InChI=1S/C15H24O/c1-8-5-6-12(16)15(3,4)14-10(8)7-11-9(2)13(11)14/h9-14,16H,1,5-7H2,2-4H3/t9-,10-,11-,12?,13+,14+/m1/s1. The minimum absolute atomic E-state index is 0.0916. The number of rotatable bonds is 0. The highest BCUT2D eigenvalue weighted by Crippen LogP contribution is 2.69. The highest BCUT2D eigenvalue weighted by Gasteiger charge is 2.64. The monoisotopic (exact) mass is 220 g/mol. The summed E-state index contributed by atoms with van der Waals surface area (Å²) in [4.78, 5) is 0. The van der Waals surface area contributed by atoms with Gasteiger partial charge in [-0.2, -0.15) is 0 Å². The van der Waals surface area contributed by atoms with E-state index in [4.69, 9.17) is 0 Å². The summed E-state index contributed by atoms with van der Waals surface area (Å²) in [6, 6.07) is 0. The molecule has 1 nitrogen and oxygen atoms in total. The highest BCUT2D eigenvalue weighted by molar-refractivity contribution is 5.21. The van der Waals surface area contributed by atoms with E-state index in [1.54, 1.807) is 0 Å². The van der Waals surface area contributed by atoms with Crippen LogP contribution >= 0.6 is 0 Å². The van der Waals surface area contributed by atoms with E-state index < -0.39 is 0 Å². The molecule has 1 heteroatoms. The molecule has 6 atom stereocenters. The molecule has 3 aliphatic carbocycles. The Morgan fingerprint density at radius 2 is 2.06 bits per heavy atom. The van der Waals surface area contributed by atoms with Crippen molar-refractivity contribution in [1.82, 2.24) is 0 Å². The highest BCUT2D eigenvalue weighted by atomic mass is 16.3. The van der Waals surface area contributed by atoms with Crippen molar-refractivity contribution in [2.75, 3.05) is 0 Å². The number of aliphatic hydroxyl groups excluding tert-OH is 1. The first-order valence-corrected chi connectivity index (χ1v) is 6.80. The lowest BCUT2D eigenvalue weighted by Crippen LogP contribution is -2.38. The molecule has 0 aromatic heterocycles. The maximum Gasteiger partial charge on any atom is 0.0597 e. The molecular formula is C15H24O. The first kappa shape index (κ1) is 10.8. The molecule has 3 rings (SSSR count). The SMILES string of the molecule is C=C1CCC(O)C(C)(C)[C@@H]2[C@H]3[C@H](C)[C@H]3C[C@H]12. The zero-order valence-electron chi connectivity index (χ0n) is 10.7. The Morgan fingerprint density at radius 1 is 1.38 bits per heavy atom. The van der Waals surface area contributed by atoms with Gasteiger partial charge in [0.15, 0.2) is 0 Å². The first-order valence-electron chi connectivity index (χ1n) is 6.80. The van der Waals surface area contributed by atoms with E-state index in [9.17, 15) is 5.11 Å². The van der Waals surface area contributed by atoms with E-state index >= 15 is 0 Å². The molecule has 3 fully saturated rings. The van der Waals surface area contributed by atoms with Crippen LogP contribution in [0.4, 0.5) is 0 Å². The van der Waals surface area contributed by atoms with Crippen LogP contribution in [0, 0.1) is 35.0 Å². The normalized spacial score (nSPS) is 54.1. The second kappa shape index (κ2) is 3.13. The van der Waals surface area contributed by atoms with Gasteiger partial charge in [0.1, 0.15) is 0 Å². The van der Waals surface area contributed by atoms with Gasteiger partial charge in [-0.25, -0.2) is 0 Å². The van der Waals surface area contributed by atoms with Crippen LogP contribution in [0.25, 0.3) is 0 Å². The van der Waals surface area contributed by atoms with Crippen LogP contribution in [-0.4, -0.2) is 11.2 Å². The topological polar surface area (TPSA) is 20.2 Å². The van der Waals surface area contributed by atoms with Gasteiger partial charge in [-0.05, 0) is 54.3 Å². The van der Waals surface area contributed by atoms with Gasteiger partial charge in [-0.1, -0.05) is 32.9 Å². The Balaban J connectivity index is 1.97. The van der Waals surface area contributed by atoms with Gasteiger partial charge in [0.2, 0.25) is 0 Å². The van der Waals surface area contributed by atoms with Crippen LogP contribution in [0.2, 0.25) is 0 Å². The van der Waals surface area contributed by atoms with Gasteiger partial charge in [0, 0.05) is 0 Å². The van der Waals surface area contributed by atoms with E-state index in [0.717, 1.165) is 30.6 Å². The van der Waals surface area contributed by atoms with Gasteiger partial charge in [-0.15, -0.1) is 0 Å². The second-order valence-electron chi connectivity index (χ2n) is 7.00. The third-order valence-electron chi connectivity index (χ3n) is 5.99. The van der Waals surface area contributed by atoms with Gasteiger partial charge in [0.25, 0.3) is 0 Å². The van der Waals surface area contributed by atoms with Crippen LogP contribution in [0.5, 0.6) is 0 Å². The summed E-state index contributed by atoms with van der Waals surface area (Å²) < 4.78 is 0. The molecule has 1 N–H and O–H groups in total. The molecular weight excluding hydrogens is 196 g/mol. The van der Waals surface area contributed by atoms with E-state index in [2.05, 4.69) is 27.4 Å². The molecule has 0 spiro atoms. The van der Waals surface area contributed by atoms with Crippen molar-refractivity contribution >= 4 is 0 Å². The molecule has 16 heavy (non-hydrogen) atoms. The zero-order chi connectivity index (χ0) is 11.7. The third-order valence-corrected chi connectivity index (χ3v) is 5.99. The molecule has 0 bridgehead atoms. The number of hydrogen-bond donors (Lipinski definition) is 1. The second-order valence-corrected chi connectivity index (χ2v) is 7.00. The molecule has 0 aromatic rings. The van der Waals surface area contributed by atoms with Gasteiger partial charge in [0.05, 0.1) is 6.10 Å². The molecule has 1 unspecified atom stereocenters. The Labute approximate surface area is 98.9 Å². The van der Waals surface area contributed by atoms with Crippen molar-refractivity contribution in [3.8, 4) is 0 Å². The van der Waals surface area contributed by atoms with E-state index in [1.165, 1.54) is 12.0 Å². The smallest absolute Gasteiger partial charge is 0.0597 e. The molecule has 0 aliphatic heterocycles. The molecule has 0 saturated heterocycles. The maximum absolute atomic E-state index is 10.4. The predicted molar refractivity (Wildman–Crippen MR) is 65.9 cm³/mol. The quantitative estimate of drug-likeness (QED) is 0.621. The van der Waals surface area contributed by atoms with Crippen molar-refractivity contribution in [2.45, 2.75) is 46.1 Å².